The molecule has 0 atom stereocenters. The van der Waals surface area contributed by atoms with Crippen molar-refractivity contribution in [3.05, 3.63) is 70.9 Å². The second-order valence-electron chi connectivity index (χ2n) is 12.6. The van der Waals surface area contributed by atoms with Gasteiger partial charge in [0.05, 0.1) is 27.3 Å². The molecule has 2 heteroatoms. The van der Waals surface area contributed by atoms with E-state index in [1.165, 1.54) is 103 Å². The van der Waals surface area contributed by atoms with Crippen LogP contribution in [-0.4, -0.2) is 4.40 Å². The predicted molar refractivity (Wildman–Crippen MR) is 154 cm³/mol. The van der Waals surface area contributed by atoms with Gasteiger partial charge < -0.3 is 4.40 Å². The lowest BCUT2D eigenvalue weighted by Crippen LogP contribution is -2.29. The lowest BCUT2D eigenvalue weighted by Gasteiger charge is -2.19. The first kappa shape index (κ1) is 22.1. The van der Waals surface area contributed by atoms with E-state index in [1.807, 2.05) is 0 Å². The fourth-order valence-corrected chi connectivity index (χ4v) is 7.10. The second kappa shape index (κ2) is 7.44. The molecule has 0 bridgehead atoms. The van der Waals surface area contributed by atoms with Crippen LogP contribution in [0, 0.1) is 19.8 Å². The number of rotatable bonds is 2. The third-order valence-electron chi connectivity index (χ3n) is 9.19. The summed E-state index contributed by atoms with van der Waals surface area (Å²) in [5.74, 6) is 0.838. The molecule has 1 aliphatic carbocycles. The van der Waals surface area contributed by atoms with Crippen molar-refractivity contribution in [2.75, 3.05) is 0 Å². The van der Waals surface area contributed by atoms with Crippen molar-refractivity contribution in [1.29, 1.82) is 0 Å². The van der Waals surface area contributed by atoms with Gasteiger partial charge in [-0.05, 0) is 83.5 Å². The fraction of sp³-hybridized carbons (Fsp3) is 0.382. The predicted octanol–water partition coefficient (Wildman–Crippen LogP) is 8.46. The fourth-order valence-electron chi connectivity index (χ4n) is 7.10. The summed E-state index contributed by atoms with van der Waals surface area (Å²) in [7, 11) is 2.22. The van der Waals surface area contributed by atoms with Crippen LogP contribution in [0.15, 0.2) is 48.7 Å². The van der Waals surface area contributed by atoms with Crippen LogP contribution in [0.4, 0.5) is 0 Å². The zero-order valence-corrected chi connectivity index (χ0v) is 22.6. The van der Waals surface area contributed by atoms with E-state index in [-0.39, 0.29) is 5.41 Å². The standard InChI is InChI=1S/C34H37N2/c1-20-15-27-26-19-25(34(3,4)5)11-12-28(26)36-29-18-23(16-22-9-7-8-10-22)17-24-13-14-35(6)33(31(24)29)30(21(20)2)32(27)36/h11-15,17-19,22H,7-10,16H2,1-6H3/q+1. The molecule has 0 amide bonds. The number of nitrogens with zero attached hydrogens (tertiary/aromatic N) is 2. The third-order valence-corrected chi connectivity index (χ3v) is 9.19. The number of fused-ring (bicyclic) bond motifs is 5. The monoisotopic (exact) mass is 473 g/mol. The molecule has 0 saturated heterocycles. The summed E-state index contributed by atoms with van der Waals surface area (Å²) in [6.07, 6.45) is 9.04. The van der Waals surface area contributed by atoms with Gasteiger partial charge in [0.2, 0.25) is 5.52 Å². The second-order valence-corrected chi connectivity index (χ2v) is 12.6. The van der Waals surface area contributed by atoms with Gasteiger partial charge in [0.15, 0.2) is 6.20 Å². The maximum absolute atomic E-state index is 2.60. The van der Waals surface area contributed by atoms with Crippen LogP contribution < -0.4 is 4.57 Å². The summed E-state index contributed by atoms with van der Waals surface area (Å²) in [6, 6.07) is 17.0. The summed E-state index contributed by atoms with van der Waals surface area (Å²) in [5.41, 5.74) is 11.2. The quantitative estimate of drug-likeness (QED) is 0.135. The van der Waals surface area contributed by atoms with Crippen LogP contribution >= 0.6 is 0 Å². The van der Waals surface area contributed by atoms with E-state index < -0.39 is 0 Å². The van der Waals surface area contributed by atoms with Gasteiger partial charge in [-0.1, -0.05) is 58.6 Å². The molecule has 0 spiro atoms. The average molecular weight is 474 g/mol. The van der Waals surface area contributed by atoms with Crippen LogP contribution in [0.25, 0.3) is 49.0 Å². The number of aryl methyl sites for hydroxylation is 3. The lowest BCUT2D eigenvalue weighted by molar-refractivity contribution is -0.643. The Morgan fingerprint density at radius 2 is 1.67 bits per heavy atom. The first-order chi connectivity index (χ1) is 17.2. The van der Waals surface area contributed by atoms with Crippen LogP contribution in [0.3, 0.4) is 0 Å². The Balaban J connectivity index is 1.71. The molecule has 6 aromatic rings. The van der Waals surface area contributed by atoms with Crippen molar-refractivity contribution in [1.82, 2.24) is 4.40 Å². The smallest absolute Gasteiger partial charge is 0.224 e. The van der Waals surface area contributed by atoms with Crippen molar-refractivity contribution in [3.8, 4) is 0 Å². The molecular weight excluding hydrogens is 436 g/mol. The van der Waals surface area contributed by atoms with Crippen molar-refractivity contribution in [2.45, 2.75) is 72.1 Å². The van der Waals surface area contributed by atoms with E-state index in [0.717, 1.165) is 5.92 Å². The lowest BCUT2D eigenvalue weighted by atomic mass is 9.86. The van der Waals surface area contributed by atoms with Crippen LogP contribution in [0.2, 0.25) is 0 Å². The molecule has 0 unspecified atom stereocenters. The summed E-state index contributed by atoms with van der Waals surface area (Å²) in [6.45, 7) is 11.5. The van der Waals surface area contributed by atoms with Gasteiger partial charge in [-0.2, -0.15) is 0 Å². The summed E-state index contributed by atoms with van der Waals surface area (Å²) >= 11 is 0. The topological polar surface area (TPSA) is 8.29 Å². The number of hydrogen-bond acceptors (Lipinski definition) is 0. The maximum Gasteiger partial charge on any atom is 0.224 e. The molecule has 3 aromatic heterocycles. The third kappa shape index (κ3) is 3.00. The molecule has 3 heterocycles. The van der Waals surface area contributed by atoms with Crippen LogP contribution in [0.1, 0.15) is 68.7 Å². The van der Waals surface area contributed by atoms with Gasteiger partial charge >= 0.3 is 0 Å². The zero-order chi connectivity index (χ0) is 24.9. The van der Waals surface area contributed by atoms with Crippen molar-refractivity contribution in [2.24, 2.45) is 13.0 Å². The Bertz CT molecular complexity index is 1820. The van der Waals surface area contributed by atoms with Gasteiger partial charge in [0.25, 0.3) is 0 Å². The largest absolute Gasteiger partial charge is 0.307 e. The molecule has 0 radical (unpaired) electrons. The van der Waals surface area contributed by atoms with Crippen molar-refractivity contribution >= 4 is 49.0 Å². The number of hydrogen-bond donors (Lipinski definition) is 0. The Morgan fingerprint density at radius 3 is 2.42 bits per heavy atom. The van der Waals surface area contributed by atoms with Crippen LogP contribution in [0.5, 0.6) is 0 Å². The Labute approximate surface area is 213 Å². The highest BCUT2D eigenvalue weighted by atomic mass is 15.0. The van der Waals surface area contributed by atoms with Crippen LogP contribution in [-0.2, 0) is 18.9 Å². The zero-order valence-electron chi connectivity index (χ0n) is 22.6. The molecular formula is C34H37N2+. The molecule has 1 aliphatic rings. The average Bonchev–Trinajstić information content (AvgIpc) is 3.46. The minimum atomic E-state index is 0.120. The summed E-state index contributed by atoms with van der Waals surface area (Å²) < 4.78 is 4.96. The highest BCUT2D eigenvalue weighted by Gasteiger charge is 2.26. The van der Waals surface area contributed by atoms with E-state index in [1.54, 1.807) is 0 Å². The molecule has 182 valence electrons. The van der Waals surface area contributed by atoms with Gasteiger partial charge in [-0.25, -0.2) is 4.57 Å². The number of aromatic nitrogens is 2. The molecule has 36 heavy (non-hydrogen) atoms. The molecule has 0 aliphatic heterocycles. The van der Waals surface area contributed by atoms with Crippen molar-refractivity contribution in [3.63, 3.8) is 0 Å². The summed E-state index contributed by atoms with van der Waals surface area (Å²) in [5, 5.41) is 6.95. The van der Waals surface area contributed by atoms with E-state index in [9.17, 15) is 0 Å². The van der Waals surface area contributed by atoms with Gasteiger partial charge in [-0.3, -0.25) is 0 Å². The number of benzene rings is 3. The Hall–Kier alpha value is -3.13. The normalized spacial score (nSPS) is 15.6. The van der Waals surface area contributed by atoms with E-state index in [4.69, 9.17) is 0 Å². The summed E-state index contributed by atoms with van der Waals surface area (Å²) in [4.78, 5) is 0. The maximum atomic E-state index is 2.60. The Morgan fingerprint density at radius 1 is 0.889 bits per heavy atom. The molecule has 7 rings (SSSR count). The Kier molecular flexibility index (Phi) is 4.57. The van der Waals surface area contributed by atoms with Crippen molar-refractivity contribution < 1.29 is 4.57 Å². The first-order valence-electron chi connectivity index (χ1n) is 13.8. The minimum Gasteiger partial charge on any atom is -0.307 e. The molecule has 1 saturated carbocycles. The highest BCUT2D eigenvalue weighted by molar-refractivity contribution is 6.26. The van der Waals surface area contributed by atoms with Gasteiger partial charge in [0.1, 0.15) is 7.05 Å². The minimum absolute atomic E-state index is 0.120. The number of pyridine rings is 2. The molecule has 2 nitrogen and oxygen atoms in total. The van der Waals surface area contributed by atoms with E-state index in [2.05, 4.69) is 99.3 Å². The van der Waals surface area contributed by atoms with Gasteiger partial charge in [0, 0.05) is 16.8 Å². The van der Waals surface area contributed by atoms with E-state index >= 15 is 0 Å². The first-order valence-corrected chi connectivity index (χ1v) is 13.8. The molecule has 1 fully saturated rings. The van der Waals surface area contributed by atoms with Gasteiger partial charge in [-0.15, -0.1) is 0 Å². The molecule has 0 N–H and O–H groups in total. The SMILES string of the molecule is Cc1cc2c3cc(C(C)(C)C)ccc3n3c4cc(CC5CCCC5)cc5cc[n+](C)c(c(c1C)c23)c54. The molecule has 3 aromatic carbocycles. The van der Waals surface area contributed by atoms with E-state index in [0.29, 0.717) is 0 Å². The highest BCUT2D eigenvalue weighted by Crippen LogP contribution is 2.43.